The molecule has 1 aliphatic heterocycles. The van der Waals surface area contributed by atoms with Crippen LogP contribution in [-0.2, 0) is 11.3 Å². The van der Waals surface area contributed by atoms with Gasteiger partial charge in [0.1, 0.15) is 0 Å². The summed E-state index contributed by atoms with van der Waals surface area (Å²) < 4.78 is 0. The predicted octanol–water partition coefficient (Wildman–Crippen LogP) is 1.99. The van der Waals surface area contributed by atoms with Crippen LogP contribution < -0.4 is 0 Å². The number of carbonyl (C=O) groups is 1. The second kappa shape index (κ2) is 6.01. The minimum Gasteiger partial charge on any atom is -0.340 e. The molecule has 3 heteroatoms. The quantitative estimate of drug-likeness (QED) is 0.814. The smallest absolute Gasteiger partial charge is 0.225 e. The van der Waals surface area contributed by atoms with Crippen LogP contribution in [0.4, 0.5) is 0 Å². The molecule has 1 aromatic carbocycles. The van der Waals surface area contributed by atoms with E-state index in [4.69, 9.17) is 0 Å². The molecule has 18 heavy (non-hydrogen) atoms. The summed E-state index contributed by atoms with van der Waals surface area (Å²) in [6.45, 7) is 8.62. The molecule has 1 aliphatic rings. The summed E-state index contributed by atoms with van der Waals surface area (Å²) in [6, 6.07) is 10.5. The molecular weight excluding hydrogens is 224 g/mol. The van der Waals surface area contributed by atoms with Gasteiger partial charge in [-0.1, -0.05) is 44.2 Å². The van der Waals surface area contributed by atoms with Gasteiger partial charge in [0.2, 0.25) is 5.91 Å². The van der Waals surface area contributed by atoms with Crippen LogP contribution in [0, 0.1) is 5.92 Å². The van der Waals surface area contributed by atoms with Crippen molar-refractivity contribution >= 4 is 5.91 Å². The minimum absolute atomic E-state index is 0.116. The topological polar surface area (TPSA) is 23.6 Å². The number of nitrogens with zero attached hydrogens (tertiary/aromatic N) is 2. The average Bonchev–Trinajstić information content (AvgIpc) is 2.40. The van der Waals surface area contributed by atoms with Crippen LogP contribution in [0.1, 0.15) is 19.4 Å². The van der Waals surface area contributed by atoms with Crippen molar-refractivity contribution in [2.75, 3.05) is 26.2 Å². The monoisotopic (exact) mass is 246 g/mol. The van der Waals surface area contributed by atoms with Crippen molar-refractivity contribution in [1.29, 1.82) is 0 Å². The molecule has 1 aromatic rings. The van der Waals surface area contributed by atoms with Crippen LogP contribution in [0.15, 0.2) is 30.3 Å². The van der Waals surface area contributed by atoms with Crippen LogP contribution in [0.25, 0.3) is 0 Å². The first kappa shape index (κ1) is 13.1. The number of amides is 1. The molecule has 0 unspecified atom stereocenters. The number of piperazine rings is 1. The molecule has 1 heterocycles. The third-order valence-corrected chi connectivity index (χ3v) is 3.43. The van der Waals surface area contributed by atoms with Crippen LogP contribution >= 0.6 is 0 Å². The van der Waals surface area contributed by atoms with E-state index in [2.05, 4.69) is 29.2 Å². The van der Waals surface area contributed by atoms with Crippen LogP contribution in [-0.4, -0.2) is 41.9 Å². The number of carbonyl (C=O) groups excluding carboxylic acids is 1. The Balaban J connectivity index is 1.82. The van der Waals surface area contributed by atoms with E-state index < -0.39 is 0 Å². The van der Waals surface area contributed by atoms with E-state index in [0.29, 0.717) is 0 Å². The second-order valence-corrected chi connectivity index (χ2v) is 5.24. The summed E-state index contributed by atoms with van der Waals surface area (Å²) in [5.74, 6) is 0.403. The molecule has 0 aromatic heterocycles. The largest absolute Gasteiger partial charge is 0.340 e. The SMILES string of the molecule is CC(C)C(=O)N1CCN(Cc2ccccc2)CC1. The van der Waals surface area contributed by atoms with Crippen molar-refractivity contribution in [2.24, 2.45) is 5.92 Å². The summed E-state index contributed by atoms with van der Waals surface area (Å²) in [7, 11) is 0. The van der Waals surface area contributed by atoms with Crippen LogP contribution in [0.3, 0.4) is 0 Å². The molecule has 1 fully saturated rings. The molecule has 98 valence electrons. The molecule has 1 amide bonds. The fourth-order valence-corrected chi connectivity index (χ4v) is 2.33. The summed E-state index contributed by atoms with van der Waals surface area (Å²) >= 11 is 0. The van der Waals surface area contributed by atoms with Crippen molar-refractivity contribution in [1.82, 2.24) is 9.80 Å². The molecule has 0 bridgehead atoms. The maximum atomic E-state index is 11.9. The van der Waals surface area contributed by atoms with Gasteiger partial charge in [-0.05, 0) is 5.56 Å². The molecule has 1 saturated heterocycles. The highest BCUT2D eigenvalue weighted by atomic mass is 16.2. The lowest BCUT2D eigenvalue weighted by Gasteiger charge is -2.35. The standard InChI is InChI=1S/C15H22N2O/c1-13(2)15(18)17-10-8-16(9-11-17)12-14-6-4-3-5-7-14/h3-7,13H,8-12H2,1-2H3. The summed E-state index contributed by atoms with van der Waals surface area (Å²) in [5, 5.41) is 0. The van der Waals surface area contributed by atoms with Gasteiger partial charge in [-0.3, -0.25) is 9.69 Å². The molecule has 0 spiro atoms. The first-order chi connectivity index (χ1) is 8.66. The van der Waals surface area contributed by atoms with E-state index >= 15 is 0 Å². The Kier molecular flexibility index (Phi) is 4.37. The molecule has 0 aliphatic carbocycles. The minimum atomic E-state index is 0.116. The zero-order chi connectivity index (χ0) is 13.0. The van der Waals surface area contributed by atoms with Gasteiger partial charge < -0.3 is 4.90 Å². The zero-order valence-electron chi connectivity index (χ0n) is 11.3. The number of hydrogen-bond acceptors (Lipinski definition) is 2. The van der Waals surface area contributed by atoms with Crippen molar-refractivity contribution < 1.29 is 4.79 Å². The Morgan fingerprint density at radius 3 is 2.28 bits per heavy atom. The number of benzene rings is 1. The number of hydrogen-bond donors (Lipinski definition) is 0. The van der Waals surface area contributed by atoms with E-state index in [1.54, 1.807) is 0 Å². The Morgan fingerprint density at radius 2 is 1.72 bits per heavy atom. The van der Waals surface area contributed by atoms with E-state index in [9.17, 15) is 4.79 Å². The first-order valence-corrected chi connectivity index (χ1v) is 6.72. The van der Waals surface area contributed by atoms with Gasteiger partial charge in [0.05, 0.1) is 0 Å². The molecule has 3 nitrogen and oxygen atoms in total. The highest BCUT2D eigenvalue weighted by molar-refractivity contribution is 5.78. The lowest BCUT2D eigenvalue weighted by Crippen LogP contribution is -2.49. The molecule has 2 rings (SSSR count). The zero-order valence-corrected chi connectivity index (χ0v) is 11.3. The van der Waals surface area contributed by atoms with Gasteiger partial charge in [0, 0.05) is 38.6 Å². The van der Waals surface area contributed by atoms with Crippen LogP contribution in [0.2, 0.25) is 0 Å². The Morgan fingerprint density at radius 1 is 1.11 bits per heavy atom. The Labute approximate surface area is 109 Å². The third kappa shape index (κ3) is 3.33. The van der Waals surface area contributed by atoms with Crippen LogP contribution in [0.5, 0.6) is 0 Å². The van der Waals surface area contributed by atoms with Crippen molar-refractivity contribution in [3.8, 4) is 0 Å². The highest BCUT2D eigenvalue weighted by Gasteiger charge is 2.22. The Hall–Kier alpha value is -1.35. The van der Waals surface area contributed by atoms with Gasteiger partial charge in [-0.25, -0.2) is 0 Å². The second-order valence-electron chi connectivity index (χ2n) is 5.24. The first-order valence-electron chi connectivity index (χ1n) is 6.72. The third-order valence-electron chi connectivity index (χ3n) is 3.43. The molecule has 0 saturated carbocycles. The van der Waals surface area contributed by atoms with Gasteiger partial charge in [-0.15, -0.1) is 0 Å². The van der Waals surface area contributed by atoms with Gasteiger partial charge >= 0.3 is 0 Å². The summed E-state index contributed by atoms with van der Waals surface area (Å²) in [5.41, 5.74) is 1.35. The molecule has 0 N–H and O–H groups in total. The fourth-order valence-electron chi connectivity index (χ4n) is 2.33. The lowest BCUT2D eigenvalue weighted by atomic mass is 10.1. The van der Waals surface area contributed by atoms with Gasteiger partial charge in [-0.2, -0.15) is 0 Å². The highest BCUT2D eigenvalue weighted by Crippen LogP contribution is 2.10. The van der Waals surface area contributed by atoms with Crippen molar-refractivity contribution in [3.63, 3.8) is 0 Å². The van der Waals surface area contributed by atoms with E-state index in [0.717, 1.165) is 32.7 Å². The maximum Gasteiger partial charge on any atom is 0.225 e. The number of rotatable bonds is 3. The average molecular weight is 246 g/mol. The fraction of sp³-hybridized carbons (Fsp3) is 0.533. The summed E-state index contributed by atoms with van der Waals surface area (Å²) in [6.07, 6.45) is 0. The maximum absolute atomic E-state index is 11.9. The van der Waals surface area contributed by atoms with Gasteiger partial charge in [0.25, 0.3) is 0 Å². The van der Waals surface area contributed by atoms with E-state index in [-0.39, 0.29) is 11.8 Å². The van der Waals surface area contributed by atoms with E-state index in [1.807, 2.05) is 24.8 Å². The molecular formula is C15H22N2O. The summed E-state index contributed by atoms with van der Waals surface area (Å²) in [4.78, 5) is 16.3. The van der Waals surface area contributed by atoms with E-state index in [1.165, 1.54) is 5.56 Å². The van der Waals surface area contributed by atoms with Crippen molar-refractivity contribution in [2.45, 2.75) is 20.4 Å². The molecule has 0 atom stereocenters. The van der Waals surface area contributed by atoms with Crippen molar-refractivity contribution in [3.05, 3.63) is 35.9 Å². The van der Waals surface area contributed by atoms with Gasteiger partial charge in [0.15, 0.2) is 0 Å². The normalized spacial score (nSPS) is 17.2. The lowest BCUT2D eigenvalue weighted by molar-refractivity contribution is -0.136. The predicted molar refractivity (Wildman–Crippen MR) is 73.1 cm³/mol. The molecule has 0 radical (unpaired) electrons. The Bertz CT molecular complexity index is 381.